The number of benzene rings is 2. The Kier molecular flexibility index (Phi) is 5.17. The summed E-state index contributed by atoms with van der Waals surface area (Å²) in [4.78, 5) is 30.6. The van der Waals surface area contributed by atoms with Crippen LogP contribution in [-0.2, 0) is 9.53 Å². The lowest BCUT2D eigenvalue weighted by atomic mass is 9.96. The number of rotatable bonds is 3. The molecule has 152 valence electrons. The molecule has 2 aromatic carbocycles. The quantitative estimate of drug-likeness (QED) is 0.605. The van der Waals surface area contributed by atoms with Crippen molar-refractivity contribution in [3.63, 3.8) is 0 Å². The van der Waals surface area contributed by atoms with Crippen LogP contribution < -0.4 is 14.9 Å². The van der Waals surface area contributed by atoms with Gasteiger partial charge in [0.05, 0.1) is 29.0 Å². The molecule has 0 radical (unpaired) electrons. The first-order valence-electron chi connectivity index (χ1n) is 9.01. The Labute approximate surface area is 173 Å². The van der Waals surface area contributed by atoms with Gasteiger partial charge in [0.15, 0.2) is 4.80 Å². The molecule has 1 aliphatic rings. The number of halogens is 2. The van der Waals surface area contributed by atoms with Gasteiger partial charge in [0.2, 0.25) is 0 Å². The van der Waals surface area contributed by atoms with E-state index in [-0.39, 0.29) is 16.9 Å². The van der Waals surface area contributed by atoms with Crippen LogP contribution in [0.2, 0.25) is 0 Å². The number of thiazole rings is 1. The predicted molar refractivity (Wildman–Crippen MR) is 109 cm³/mol. The smallest absolute Gasteiger partial charge is 0.338 e. The zero-order valence-electron chi connectivity index (χ0n) is 16.1. The molecule has 0 amide bonds. The number of aromatic nitrogens is 1. The van der Waals surface area contributed by atoms with Crippen LogP contribution in [0.4, 0.5) is 8.78 Å². The monoisotopic (exact) mass is 426 g/mol. The van der Waals surface area contributed by atoms with Crippen LogP contribution in [-0.4, -0.2) is 17.6 Å². The molecule has 5 nitrogen and oxygen atoms in total. The topological polar surface area (TPSA) is 60.7 Å². The summed E-state index contributed by atoms with van der Waals surface area (Å²) in [5, 5.41) is 0. The van der Waals surface area contributed by atoms with E-state index in [0.29, 0.717) is 26.2 Å². The summed E-state index contributed by atoms with van der Waals surface area (Å²) >= 11 is 1.16. The molecule has 0 spiro atoms. The Morgan fingerprint density at radius 3 is 2.30 bits per heavy atom. The van der Waals surface area contributed by atoms with E-state index in [1.54, 1.807) is 25.1 Å². The molecule has 0 N–H and O–H groups in total. The van der Waals surface area contributed by atoms with Crippen molar-refractivity contribution in [3.05, 3.63) is 102 Å². The Morgan fingerprint density at radius 1 is 1.10 bits per heavy atom. The molecule has 1 atom stereocenters. The van der Waals surface area contributed by atoms with E-state index in [4.69, 9.17) is 4.74 Å². The minimum absolute atomic E-state index is 0.213. The minimum atomic E-state index is -0.801. The summed E-state index contributed by atoms with van der Waals surface area (Å²) in [5.41, 5.74) is 1.49. The summed E-state index contributed by atoms with van der Waals surface area (Å²) in [6.45, 7) is 1.67. The van der Waals surface area contributed by atoms with Crippen molar-refractivity contribution in [1.29, 1.82) is 0 Å². The first-order chi connectivity index (χ1) is 14.4. The van der Waals surface area contributed by atoms with Crippen LogP contribution in [0.5, 0.6) is 0 Å². The molecule has 0 saturated carbocycles. The number of allylic oxidation sites excluding steroid dienone is 1. The summed E-state index contributed by atoms with van der Waals surface area (Å²) in [7, 11) is 1.25. The minimum Gasteiger partial charge on any atom is -0.466 e. The maximum Gasteiger partial charge on any atom is 0.338 e. The van der Waals surface area contributed by atoms with Crippen molar-refractivity contribution in [3.8, 4) is 0 Å². The number of carbonyl (C=O) groups excluding carboxylic acids is 1. The molecule has 1 aromatic heterocycles. The van der Waals surface area contributed by atoms with Crippen LogP contribution in [0.3, 0.4) is 0 Å². The zero-order valence-corrected chi connectivity index (χ0v) is 16.9. The van der Waals surface area contributed by atoms with Gasteiger partial charge in [0.1, 0.15) is 11.6 Å². The van der Waals surface area contributed by atoms with Crippen molar-refractivity contribution in [2.75, 3.05) is 7.11 Å². The molecule has 8 heteroatoms. The highest BCUT2D eigenvalue weighted by atomic mass is 32.1. The highest BCUT2D eigenvalue weighted by Crippen LogP contribution is 2.30. The summed E-state index contributed by atoms with van der Waals surface area (Å²) < 4.78 is 33.4. The van der Waals surface area contributed by atoms with E-state index in [1.165, 1.54) is 48.1 Å². The second-order valence-corrected chi connectivity index (χ2v) is 7.69. The van der Waals surface area contributed by atoms with E-state index in [0.717, 1.165) is 11.3 Å². The Hall–Kier alpha value is -3.39. The van der Waals surface area contributed by atoms with Crippen molar-refractivity contribution in [2.45, 2.75) is 13.0 Å². The predicted octanol–water partition coefficient (Wildman–Crippen LogP) is 2.69. The van der Waals surface area contributed by atoms with E-state index in [9.17, 15) is 18.4 Å². The SMILES string of the molecule is COC(=O)C1=C(C)N=c2s/c(=C/c3ccc(F)cc3)c(=O)n2C1c1ccc(F)cc1. The van der Waals surface area contributed by atoms with Crippen molar-refractivity contribution >= 4 is 23.4 Å². The average Bonchev–Trinajstić information content (AvgIpc) is 3.03. The maximum atomic E-state index is 13.5. The fraction of sp³-hybridized carbons (Fsp3) is 0.136. The molecule has 0 bridgehead atoms. The highest BCUT2D eigenvalue weighted by molar-refractivity contribution is 7.07. The van der Waals surface area contributed by atoms with E-state index < -0.39 is 17.8 Å². The molecule has 30 heavy (non-hydrogen) atoms. The highest BCUT2D eigenvalue weighted by Gasteiger charge is 2.33. The Bertz CT molecular complexity index is 1340. The summed E-state index contributed by atoms with van der Waals surface area (Å²) in [6, 6.07) is 10.5. The van der Waals surface area contributed by atoms with Crippen molar-refractivity contribution in [1.82, 2.24) is 4.57 Å². The lowest BCUT2D eigenvalue weighted by molar-refractivity contribution is -0.136. The van der Waals surface area contributed by atoms with Gasteiger partial charge in [0.25, 0.3) is 5.56 Å². The number of hydrogen-bond acceptors (Lipinski definition) is 5. The van der Waals surface area contributed by atoms with Crippen molar-refractivity contribution in [2.24, 2.45) is 4.99 Å². The number of ether oxygens (including phenoxy) is 1. The van der Waals surface area contributed by atoms with Crippen LogP contribution in [0.25, 0.3) is 6.08 Å². The largest absolute Gasteiger partial charge is 0.466 e. The average molecular weight is 426 g/mol. The van der Waals surface area contributed by atoms with E-state index in [2.05, 4.69) is 4.99 Å². The third-order valence-corrected chi connectivity index (χ3v) is 5.76. The summed E-state index contributed by atoms with van der Waals surface area (Å²) in [5.74, 6) is -1.41. The molecule has 3 aromatic rings. The fourth-order valence-corrected chi connectivity index (χ4v) is 4.41. The fourth-order valence-electron chi connectivity index (χ4n) is 3.36. The van der Waals surface area contributed by atoms with Gasteiger partial charge in [-0.2, -0.15) is 0 Å². The third kappa shape index (κ3) is 3.50. The van der Waals surface area contributed by atoms with Crippen LogP contribution in [0, 0.1) is 11.6 Å². The molecule has 0 saturated heterocycles. The number of hydrogen-bond donors (Lipinski definition) is 0. The first-order valence-corrected chi connectivity index (χ1v) is 9.82. The Balaban J connectivity index is 1.96. The number of nitrogens with zero attached hydrogens (tertiary/aromatic N) is 2. The van der Waals surface area contributed by atoms with Gasteiger partial charge in [-0.1, -0.05) is 35.6 Å². The van der Waals surface area contributed by atoms with E-state index in [1.807, 2.05) is 0 Å². The second-order valence-electron chi connectivity index (χ2n) is 6.68. The standard InChI is InChI=1S/C22H16F2N2O3S/c1-12-18(21(28)29-2)19(14-5-9-16(24)10-6-14)26-20(27)17(30-22(26)25-12)11-13-3-7-15(23)8-4-13/h3-11,19H,1-2H3/b17-11+. The molecular formula is C22H16F2N2O3S. The first kappa shape index (κ1) is 19.9. The van der Waals surface area contributed by atoms with Crippen LogP contribution >= 0.6 is 11.3 Å². The third-order valence-electron chi connectivity index (χ3n) is 4.78. The number of esters is 1. The Morgan fingerprint density at radius 2 is 1.70 bits per heavy atom. The van der Waals surface area contributed by atoms with Crippen LogP contribution in [0.1, 0.15) is 24.1 Å². The molecule has 0 fully saturated rings. The van der Waals surface area contributed by atoms with Gasteiger partial charge in [-0.3, -0.25) is 9.36 Å². The van der Waals surface area contributed by atoms with Gasteiger partial charge >= 0.3 is 5.97 Å². The number of methoxy groups -OCH3 is 1. The molecule has 4 rings (SSSR count). The molecule has 1 aliphatic heterocycles. The van der Waals surface area contributed by atoms with Crippen LogP contribution in [0.15, 0.2) is 69.6 Å². The van der Waals surface area contributed by atoms with Gasteiger partial charge < -0.3 is 4.74 Å². The molecule has 1 unspecified atom stereocenters. The summed E-state index contributed by atoms with van der Waals surface area (Å²) in [6.07, 6.45) is 1.64. The van der Waals surface area contributed by atoms with E-state index >= 15 is 0 Å². The molecule has 0 aliphatic carbocycles. The normalized spacial score (nSPS) is 16.3. The molecular weight excluding hydrogens is 410 g/mol. The second kappa shape index (κ2) is 7.79. The lowest BCUT2D eigenvalue weighted by Gasteiger charge is -2.24. The van der Waals surface area contributed by atoms with Gasteiger partial charge in [-0.25, -0.2) is 18.6 Å². The van der Waals surface area contributed by atoms with Crippen molar-refractivity contribution < 1.29 is 18.3 Å². The van der Waals surface area contributed by atoms with Gasteiger partial charge in [-0.15, -0.1) is 0 Å². The zero-order chi connectivity index (χ0) is 21.4. The lowest BCUT2D eigenvalue weighted by Crippen LogP contribution is -2.39. The van der Waals surface area contributed by atoms with Gasteiger partial charge in [-0.05, 0) is 48.4 Å². The molecule has 2 heterocycles. The number of carbonyl (C=O) groups is 1. The maximum absolute atomic E-state index is 13.5. The number of fused-ring (bicyclic) bond motifs is 1. The van der Waals surface area contributed by atoms with Gasteiger partial charge in [0, 0.05) is 0 Å².